The van der Waals surface area contributed by atoms with E-state index in [-0.39, 0.29) is 12.2 Å². The Morgan fingerprint density at radius 1 is 1.47 bits per heavy atom. The molecule has 0 aromatic carbocycles. The lowest BCUT2D eigenvalue weighted by molar-refractivity contribution is -0.277. The van der Waals surface area contributed by atoms with Gasteiger partial charge in [0.2, 0.25) is 0 Å². The zero-order chi connectivity index (χ0) is 11.6. The molecule has 86 valence electrons. The van der Waals surface area contributed by atoms with Crippen molar-refractivity contribution in [1.82, 2.24) is 0 Å². The number of ether oxygens (including phenoxy) is 3. The second kappa shape index (κ2) is 4.28. The quantitative estimate of drug-likeness (QED) is 0.634. The van der Waals surface area contributed by atoms with E-state index in [0.29, 0.717) is 0 Å². The lowest BCUT2D eigenvalue weighted by Gasteiger charge is -2.38. The molecule has 5 heteroatoms. The number of carbonyl (C=O) groups excluding carboxylic acids is 2. The first-order valence-electron chi connectivity index (χ1n) is 4.82. The molecule has 1 fully saturated rings. The van der Waals surface area contributed by atoms with Crippen molar-refractivity contribution in [3.63, 3.8) is 0 Å². The van der Waals surface area contributed by atoms with Crippen molar-refractivity contribution >= 4 is 11.8 Å². The fourth-order valence-corrected chi connectivity index (χ4v) is 1.55. The van der Waals surface area contributed by atoms with Crippen LogP contribution in [0, 0.1) is 0 Å². The maximum atomic E-state index is 11.6. The molecular formula is C10H16O5. The Hall–Kier alpha value is -0.940. The average Bonchev–Trinajstić information content (AvgIpc) is 2.12. The molecule has 1 heterocycles. The minimum absolute atomic E-state index is 0.0630. The van der Waals surface area contributed by atoms with Gasteiger partial charge >= 0.3 is 5.97 Å². The Kier molecular flexibility index (Phi) is 3.46. The third-order valence-electron chi connectivity index (χ3n) is 2.18. The van der Waals surface area contributed by atoms with Gasteiger partial charge < -0.3 is 14.2 Å². The van der Waals surface area contributed by atoms with E-state index in [1.165, 1.54) is 7.11 Å². The van der Waals surface area contributed by atoms with Crippen molar-refractivity contribution in [2.75, 3.05) is 7.11 Å². The van der Waals surface area contributed by atoms with Crippen molar-refractivity contribution in [3.8, 4) is 0 Å². The fraction of sp³-hybridized carbons (Fsp3) is 0.800. The van der Waals surface area contributed by atoms with E-state index in [1.54, 1.807) is 20.8 Å². The molecule has 2 atom stereocenters. The standard InChI is InChI=1S/C10H16O5/c1-6-9(12)7(5-8(11)13-4)15-10(2,3)14-6/h6-7H,5H2,1-4H3/t6-,7-/m0/s1. The van der Waals surface area contributed by atoms with Gasteiger partial charge in [-0.05, 0) is 20.8 Å². The molecule has 0 aromatic rings. The van der Waals surface area contributed by atoms with Crippen LogP contribution in [0.3, 0.4) is 0 Å². The molecule has 1 rings (SSSR count). The molecule has 0 bridgehead atoms. The van der Waals surface area contributed by atoms with Crippen LogP contribution in [-0.2, 0) is 23.8 Å². The maximum Gasteiger partial charge on any atom is 0.308 e. The van der Waals surface area contributed by atoms with Gasteiger partial charge in [-0.15, -0.1) is 0 Å². The highest BCUT2D eigenvalue weighted by atomic mass is 16.7. The largest absolute Gasteiger partial charge is 0.469 e. The Bertz CT molecular complexity index is 271. The minimum Gasteiger partial charge on any atom is -0.469 e. The highest BCUT2D eigenvalue weighted by Gasteiger charge is 2.40. The first-order valence-corrected chi connectivity index (χ1v) is 4.82. The number of methoxy groups -OCH3 is 1. The monoisotopic (exact) mass is 216 g/mol. The lowest BCUT2D eigenvalue weighted by atomic mass is 10.1. The number of Topliss-reactive ketones (excluding diaryl/α,β-unsaturated/α-hetero) is 1. The number of rotatable bonds is 2. The normalized spacial score (nSPS) is 30.0. The molecule has 1 aliphatic heterocycles. The molecule has 0 unspecified atom stereocenters. The van der Waals surface area contributed by atoms with Crippen LogP contribution in [0.5, 0.6) is 0 Å². The smallest absolute Gasteiger partial charge is 0.308 e. The number of hydrogen-bond donors (Lipinski definition) is 0. The first kappa shape index (κ1) is 12.1. The molecule has 0 saturated carbocycles. The van der Waals surface area contributed by atoms with E-state index in [1.807, 2.05) is 0 Å². The fourth-order valence-electron chi connectivity index (χ4n) is 1.55. The van der Waals surface area contributed by atoms with Gasteiger partial charge in [0.1, 0.15) is 12.2 Å². The van der Waals surface area contributed by atoms with E-state index in [4.69, 9.17) is 9.47 Å². The van der Waals surface area contributed by atoms with E-state index in [9.17, 15) is 9.59 Å². The van der Waals surface area contributed by atoms with Crippen LogP contribution in [0.1, 0.15) is 27.2 Å². The summed E-state index contributed by atoms with van der Waals surface area (Å²) in [7, 11) is 1.28. The van der Waals surface area contributed by atoms with Gasteiger partial charge in [0.15, 0.2) is 11.6 Å². The molecule has 5 nitrogen and oxygen atoms in total. The minimum atomic E-state index is -0.841. The van der Waals surface area contributed by atoms with Gasteiger partial charge in [0, 0.05) is 0 Å². The van der Waals surface area contributed by atoms with Gasteiger partial charge in [-0.3, -0.25) is 9.59 Å². The zero-order valence-electron chi connectivity index (χ0n) is 9.40. The van der Waals surface area contributed by atoms with Crippen molar-refractivity contribution in [2.24, 2.45) is 0 Å². The molecule has 0 aromatic heterocycles. The predicted molar refractivity (Wildman–Crippen MR) is 51.1 cm³/mol. The molecule has 15 heavy (non-hydrogen) atoms. The summed E-state index contributed by atoms with van der Waals surface area (Å²) < 4.78 is 15.2. The summed E-state index contributed by atoms with van der Waals surface area (Å²) in [6.07, 6.45) is -1.38. The molecule has 0 radical (unpaired) electrons. The van der Waals surface area contributed by atoms with Crippen molar-refractivity contribution in [2.45, 2.75) is 45.2 Å². The highest BCUT2D eigenvalue weighted by molar-refractivity contribution is 5.90. The Morgan fingerprint density at radius 3 is 2.60 bits per heavy atom. The van der Waals surface area contributed by atoms with Gasteiger partial charge in [0.25, 0.3) is 0 Å². The summed E-state index contributed by atoms with van der Waals surface area (Å²) in [6, 6.07) is 0. The summed E-state index contributed by atoms with van der Waals surface area (Å²) in [5.41, 5.74) is 0. The summed E-state index contributed by atoms with van der Waals surface area (Å²) >= 11 is 0. The molecule has 0 N–H and O–H groups in total. The first-order chi connectivity index (χ1) is 6.85. The lowest BCUT2D eigenvalue weighted by Crippen LogP contribution is -2.51. The molecule has 0 amide bonds. The number of hydrogen-bond acceptors (Lipinski definition) is 5. The molecule has 1 aliphatic rings. The number of ketones is 1. The summed E-state index contributed by atoms with van der Waals surface area (Å²) in [5.74, 6) is -1.52. The van der Waals surface area contributed by atoms with Crippen LogP contribution in [0.4, 0.5) is 0 Å². The SMILES string of the molecule is COC(=O)C[C@@H]1OC(C)(C)O[C@@H](C)C1=O. The predicted octanol–water partition coefficient (Wildman–Crippen LogP) is 0.659. The van der Waals surface area contributed by atoms with Crippen LogP contribution < -0.4 is 0 Å². The Balaban J connectivity index is 2.69. The Morgan fingerprint density at radius 2 is 2.07 bits per heavy atom. The van der Waals surface area contributed by atoms with Crippen LogP contribution in [-0.4, -0.2) is 36.9 Å². The van der Waals surface area contributed by atoms with E-state index < -0.39 is 24.0 Å². The summed E-state index contributed by atoms with van der Waals surface area (Å²) in [6.45, 7) is 5.07. The molecular weight excluding hydrogens is 200 g/mol. The van der Waals surface area contributed by atoms with E-state index in [0.717, 1.165) is 0 Å². The zero-order valence-corrected chi connectivity index (χ0v) is 9.40. The number of carbonyl (C=O) groups is 2. The topological polar surface area (TPSA) is 61.8 Å². The van der Waals surface area contributed by atoms with Gasteiger partial charge in [-0.2, -0.15) is 0 Å². The molecule has 1 saturated heterocycles. The van der Waals surface area contributed by atoms with Gasteiger partial charge in [-0.25, -0.2) is 0 Å². The van der Waals surface area contributed by atoms with Crippen LogP contribution >= 0.6 is 0 Å². The third-order valence-corrected chi connectivity index (χ3v) is 2.18. The van der Waals surface area contributed by atoms with Crippen LogP contribution in [0.15, 0.2) is 0 Å². The molecule has 0 aliphatic carbocycles. The van der Waals surface area contributed by atoms with E-state index >= 15 is 0 Å². The average molecular weight is 216 g/mol. The maximum absolute atomic E-state index is 11.6. The van der Waals surface area contributed by atoms with Crippen LogP contribution in [0.2, 0.25) is 0 Å². The van der Waals surface area contributed by atoms with Crippen molar-refractivity contribution in [3.05, 3.63) is 0 Å². The summed E-state index contributed by atoms with van der Waals surface area (Å²) in [4.78, 5) is 22.7. The summed E-state index contributed by atoms with van der Waals surface area (Å²) in [5, 5.41) is 0. The van der Waals surface area contributed by atoms with Crippen molar-refractivity contribution in [1.29, 1.82) is 0 Å². The van der Waals surface area contributed by atoms with Gasteiger partial charge in [0.05, 0.1) is 13.5 Å². The van der Waals surface area contributed by atoms with Crippen LogP contribution in [0.25, 0.3) is 0 Å². The third kappa shape index (κ3) is 3.00. The second-order valence-electron chi connectivity index (χ2n) is 3.95. The van der Waals surface area contributed by atoms with Crippen molar-refractivity contribution < 1.29 is 23.8 Å². The number of esters is 1. The molecule has 0 spiro atoms. The highest BCUT2D eigenvalue weighted by Crippen LogP contribution is 2.25. The second-order valence-corrected chi connectivity index (χ2v) is 3.95. The Labute approximate surface area is 88.7 Å². The van der Waals surface area contributed by atoms with E-state index in [2.05, 4.69) is 4.74 Å². The van der Waals surface area contributed by atoms with Gasteiger partial charge in [-0.1, -0.05) is 0 Å².